The third-order valence-corrected chi connectivity index (χ3v) is 2.87. The van der Waals surface area contributed by atoms with Crippen LogP contribution in [0.2, 0.25) is 0 Å². The van der Waals surface area contributed by atoms with Crippen molar-refractivity contribution in [1.82, 2.24) is 0 Å². The summed E-state index contributed by atoms with van der Waals surface area (Å²) in [5.41, 5.74) is 8.89. The van der Waals surface area contributed by atoms with E-state index in [1.807, 2.05) is 0 Å². The van der Waals surface area contributed by atoms with E-state index in [-0.39, 0.29) is 18.4 Å². The van der Waals surface area contributed by atoms with Crippen LogP contribution in [0.25, 0.3) is 0 Å². The molecular formula is C11H15NO2. The van der Waals surface area contributed by atoms with Crippen LogP contribution >= 0.6 is 0 Å². The van der Waals surface area contributed by atoms with Gasteiger partial charge < -0.3 is 15.9 Å². The first kappa shape index (κ1) is 9.49. The highest BCUT2D eigenvalue weighted by molar-refractivity contribution is 5.44. The highest BCUT2D eigenvalue weighted by Crippen LogP contribution is 2.33. The minimum atomic E-state index is -0.0244. The molecule has 0 aliphatic heterocycles. The smallest absolute Gasteiger partial charge is 0.116 e. The van der Waals surface area contributed by atoms with Gasteiger partial charge in [0.15, 0.2) is 0 Å². The fraction of sp³-hybridized carbons (Fsp3) is 0.455. The first-order valence-electron chi connectivity index (χ1n) is 4.93. The van der Waals surface area contributed by atoms with Crippen LogP contribution in [0.1, 0.15) is 35.6 Å². The van der Waals surface area contributed by atoms with Crippen molar-refractivity contribution >= 4 is 0 Å². The summed E-state index contributed by atoms with van der Waals surface area (Å²) in [5.74, 6) is 0.199. The molecule has 1 atom stereocenters. The third kappa shape index (κ3) is 1.49. The Balaban J connectivity index is 2.54. The Morgan fingerprint density at radius 1 is 1.43 bits per heavy atom. The summed E-state index contributed by atoms with van der Waals surface area (Å²) in [4.78, 5) is 0. The third-order valence-electron chi connectivity index (χ3n) is 2.87. The standard InChI is InChI=1S/C11H15NO2/c12-11-3-1-2-9-7(6-13)4-8(14)5-10(9)11/h4-5,11,13-14H,1-3,6,12H2/t11-/m0/s1. The van der Waals surface area contributed by atoms with Crippen molar-refractivity contribution < 1.29 is 10.2 Å². The normalized spacial score (nSPS) is 20.6. The Labute approximate surface area is 83.2 Å². The van der Waals surface area contributed by atoms with Crippen LogP contribution in [-0.2, 0) is 13.0 Å². The Morgan fingerprint density at radius 3 is 2.93 bits per heavy atom. The summed E-state index contributed by atoms with van der Waals surface area (Å²) in [6.07, 6.45) is 2.98. The lowest BCUT2D eigenvalue weighted by Gasteiger charge is -2.24. The number of aromatic hydroxyl groups is 1. The molecule has 14 heavy (non-hydrogen) atoms. The number of hydrogen-bond donors (Lipinski definition) is 3. The number of benzene rings is 1. The number of nitrogens with two attached hydrogens (primary N) is 1. The summed E-state index contributed by atoms with van der Waals surface area (Å²) < 4.78 is 0. The molecule has 0 fully saturated rings. The van der Waals surface area contributed by atoms with Gasteiger partial charge in [-0.1, -0.05) is 0 Å². The second kappa shape index (κ2) is 3.59. The van der Waals surface area contributed by atoms with Crippen LogP contribution in [0.15, 0.2) is 12.1 Å². The Kier molecular flexibility index (Phi) is 2.44. The minimum absolute atomic E-state index is 0.0103. The molecule has 0 unspecified atom stereocenters. The molecule has 76 valence electrons. The molecule has 0 aromatic heterocycles. The monoisotopic (exact) mass is 193 g/mol. The zero-order valence-electron chi connectivity index (χ0n) is 8.03. The summed E-state index contributed by atoms with van der Waals surface area (Å²) in [6, 6.07) is 3.35. The van der Waals surface area contributed by atoms with Crippen molar-refractivity contribution in [1.29, 1.82) is 0 Å². The average Bonchev–Trinajstić information content (AvgIpc) is 2.18. The lowest BCUT2D eigenvalue weighted by Crippen LogP contribution is -2.18. The molecule has 3 nitrogen and oxygen atoms in total. The predicted molar refractivity (Wildman–Crippen MR) is 53.9 cm³/mol. The molecule has 0 amide bonds. The molecule has 3 heteroatoms. The van der Waals surface area contributed by atoms with E-state index in [0.29, 0.717) is 0 Å². The molecule has 1 aromatic carbocycles. The molecule has 1 aliphatic carbocycles. The topological polar surface area (TPSA) is 66.5 Å². The van der Waals surface area contributed by atoms with Gasteiger partial charge in [-0.05, 0) is 48.1 Å². The molecule has 0 spiro atoms. The van der Waals surface area contributed by atoms with Gasteiger partial charge in [-0.25, -0.2) is 0 Å². The Morgan fingerprint density at radius 2 is 2.21 bits per heavy atom. The first-order valence-corrected chi connectivity index (χ1v) is 4.93. The van der Waals surface area contributed by atoms with Gasteiger partial charge in [0.2, 0.25) is 0 Å². The first-order chi connectivity index (χ1) is 6.72. The van der Waals surface area contributed by atoms with E-state index in [2.05, 4.69) is 0 Å². The van der Waals surface area contributed by atoms with Gasteiger partial charge in [-0.3, -0.25) is 0 Å². The van der Waals surface area contributed by atoms with Crippen molar-refractivity contribution in [3.8, 4) is 5.75 Å². The minimum Gasteiger partial charge on any atom is -0.508 e. The molecule has 0 saturated carbocycles. The highest BCUT2D eigenvalue weighted by Gasteiger charge is 2.19. The largest absolute Gasteiger partial charge is 0.508 e. The van der Waals surface area contributed by atoms with Crippen LogP contribution < -0.4 is 5.73 Å². The zero-order chi connectivity index (χ0) is 10.1. The van der Waals surface area contributed by atoms with Gasteiger partial charge in [0, 0.05) is 6.04 Å². The number of rotatable bonds is 1. The fourth-order valence-electron chi connectivity index (χ4n) is 2.17. The molecule has 1 aliphatic rings. The summed E-state index contributed by atoms with van der Waals surface area (Å²) in [7, 11) is 0. The van der Waals surface area contributed by atoms with Gasteiger partial charge in [0.05, 0.1) is 6.61 Å². The molecule has 1 aromatic rings. The van der Waals surface area contributed by atoms with Gasteiger partial charge in [-0.15, -0.1) is 0 Å². The van der Waals surface area contributed by atoms with Crippen molar-refractivity contribution in [2.24, 2.45) is 5.73 Å². The molecule has 0 heterocycles. The summed E-state index contributed by atoms with van der Waals surface area (Å²) >= 11 is 0. The predicted octanol–water partition coefficient (Wildman–Crippen LogP) is 1.22. The average molecular weight is 193 g/mol. The van der Waals surface area contributed by atoms with E-state index >= 15 is 0 Å². The van der Waals surface area contributed by atoms with Crippen LogP contribution in [0, 0.1) is 0 Å². The molecule has 0 bridgehead atoms. The number of aliphatic hydroxyl groups excluding tert-OH is 1. The van der Waals surface area contributed by atoms with Crippen LogP contribution in [0.4, 0.5) is 0 Å². The van der Waals surface area contributed by atoms with E-state index in [1.54, 1.807) is 12.1 Å². The number of phenols is 1. The van der Waals surface area contributed by atoms with E-state index in [4.69, 9.17) is 10.8 Å². The molecule has 0 saturated heterocycles. The number of phenolic OH excluding ortho intramolecular Hbond substituents is 1. The van der Waals surface area contributed by atoms with Crippen molar-refractivity contribution in [3.63, 3.8) is 0 Å². The van der Waals surface area contributed by atoms with Crippen LogP contribution in [0.3, 0.4) is 0 Å². The van der Waals surface area contributed by atoms with E-state index in [1.165, 1.54) is 0 Å². The number of fused-ring (bicyclic) bond motifs is 1. The second-order valence-electron chi connectivity index (χ2n) is 3.83. The zero-order valence-corrected chi connectivity index (χ0v) is 8.03. The Hall–Kier alpha value is -1.06. The molecule has 0 radical (unpaired) electrons. The van der Waals surface area contributed by atoms with Gasteiger partial charge in [0.25, 0.3) is 0 Å². The van der Waals surface area contributed by atoms with Crippen LogP contribution in [0.5, 0.6) is 5.75 Å². The van der Waals surface area contributed by atoms with Crippen molar-refractivity contribution in [2.45, 2.75) is 31.9 Å². The van der Waals surface area contributed by atoms with Crippen molar-refractivity contribution in [3.05, 3.63) is 28.8 Å². The lowest BCUT2D eigenvalue weighted by molar-refractivity contribution is 0.279. The Bertz CT molecular complexity index is 349. The SMILES string of the molecule is N[C@H]1CCCc2c(CO)cc(O)cc21. The second-order valence-corrected chi connectivity index (χ2v) is 3.83. The van der Waals surface area contributed by atoms with E-state index < -0.39 is 0 Å². The van der Waals surface area contributed by atoms with Gasteiger partial charge >= 0.3 is 0 Å². The molecule has 4 N–H and O–H groups in total. The van der Waals surface area contributed by atoms with Crippen molar-refractivity contribution in [2.75, 3.05) is 0 Å². The molecule has 2 rings (SSSR count). The molecular weight excluding hydrogens is 178 g/mol. The van der Waals surface area contributed by atoms with Gasteiger partial charge in [-0.2, -0.15) is 0 Å². The number of hydrogen-bond acceptors (Lipinski definition) is 3. The quantitative estimate of drug-likeness (QED) is 0.628. The fourth-order valence-corrected chi connectivity index (χ4v) is 2.17. The highest BCUT2D eigenvalue weighted by atomic mass is 16.3. The summed E-state index contributed by atoms with van der Waals surface area (Å²) in [6.45, 7) is -0.0244. The van der Waals surface area contributed by atoms with Gasteiger partial charge in [0.1, 0.15) is 5.75 Å². The number of aliphatic hydroxyl groups is 1. The lowest BCUT2D eigenvalue weighted by atomic mass is 9.85. The van der Waals surface area contributed by atoms with Crippen LogP contribution in [-0.4, -0.2) is 10.2 Å². The maximum absolute atomic E-state index is 9.45. The maximum atomic E-state index is 9.45. The van der Waals surface area contributed by atoms with E-state index in [9.17, 15) is 5.11 Å². The van der Waals surface area contributed by atoms with E-state index in [0.717, 1.165) is 36.0 Å². The maximum Gasteiger partial charge on any atom is 0.116 e. The summed E-state index contributed by atoms with van der Waals surface area (Å²) in [5, 5.41) is 18.6.